The van der Waals surface area contributed by atoms with E-state index in [9.17, 15) is 9.90 Å². The molecule has 0 aliphatic rings. The van der Waals surface area contributed by atoms with Gasteiger partial charge in [-0.25, -0.2) is 0 Å². The van der Waals surface area contributed by atoms with E-state index in [0.29, 0.717) is 5.02 Å². The molecule has 7 heteroatoms. The summed E-state index contributed by atoms with van der Waals surface area (Å²) in [5.41, 5.74) is 0.488. The lowest BCUT2D eigenvalue weighted by Crippen LogP contribution is -2.12. The molecule has 0 unspecified atom stereocenters. The zero-order valence-electron chi connectivity index (χ0n) is 7.85. The fourth-order valence-electron chi connectivity index (χ4n) is 1.06. The van der Waals surface area contributed by atoms with Crippen LogP contribution in [0.1, 0.15) is 10.5 Å². The highest BCUT2D eigenvalue weighted by Crippen LogP contribution is 2.26. The molecule has 0 aliphatic heterocycles. The lowest BCUT2D eigenvalue weighted by atomic mass is 10.3. The molecule has 16 heavy (non-hydrogen) atoms. The molecule has 1 heterocycles. The number of anilines is 1. The van der Waals surface area contributed by atoms with Gasteiger partial charge in [-0.3, -0.25) is 4.79 Å². The fourth-order valence-corrected chi connectivity index (χ4v) is 1.66. The predicted molar refractivity (Wildman–Crippen MR) is 61.0 cm³/mol. The van der Waals surface area contributed by atoms with Crippen molar-refractivity contribution in [2.45, 2.75) is 0 Å². The van der Waals surface area contributed by atoms with Crippen LogP contribution in [0.2, 0.25) is 5.02 Å². The summed E-state index contributed by atoms with van der Waals surface area (Å²) in [5, 5.41) is 17.5. The highest BCUT2D eigenvalue weighted by atomic mass is 35.5. The Labute approximate surface area is 99.9 Å². The van der Waals surface area contributed by atoms with Gasteiger partial charge in [0.1, 0.15) is 5.75 Å². The van der Waals surface area contributed by atoms with Gasteiger partial charge in [0.2, 0.25) is 0 Å². The summed E-state index contributed by atoms with van der Waals surface area (Å²) in [7, 11) is 0. The summed E-state index contributed by atoms with van der Waals surface area (Å²) < 4.78 is 3.57. The minimum atomic E-state index is -0.425. The molecule has 0 saturated carbocycles. The van der Waals surface area contributed by atoms with Crippen molar-refractivity contribution in [1.82, 2.24) is 9.59 Å². The van der Waals surface area contributed by atoms with Gasteiger partial charge in [-0.1, -0.05) is 16.1 Å². The molecule has 2 aromatic rings. The molecule has 0 radical (unpaired) electrons. The fraction of sp³-hybridized carbons (Fsp3) is 0. The Morgan fingerprint density at radius 1 is 1.50 bits per heavy atom. The number of phenolic OH excluding ortho intramolecular Hbond substituents is 1. The van der Waals surface area contributed by atoms with E-state index in [2.05, 4.69) is 14.9 Å². The smallest absolute Gasteiger partial charge is 0.277 e. The average Bonchev–Trinajstić information content (AvgIpc) is 2.75. The van der Waals surface area contributed by atoms with E-state index < -0.39 is 5.91 Å². The van der Waals surface area contributed by atoms with Crippen LogP contribution in [0.25, 0.3) is 0 Å². The van der Waals surface area contributed by atoms with Crippen molar-refractivity contribution >= 4 is 34.7 Å². The van der Waals surface area contributed by atoms with Crippen molar-refractivity contribution in [1.29, 1.82) is 0 Å². The van der Waals surface area contributed by atoms with E-state index in [0.717, 1.165) is 11.5 Å². The third kappa shape index (κ3) is 2.29. The highest BCUT2D eigenvalue weighted by molar-refractivity contribution is 7.03. The third-order valence-electron chi connectivity index (χ3n) is 1.80. The summed E-state index contributed by atoms with van der Waals surface area (Å²) in [6.07, 6.45) is 0. The Morgan fingerprint density at radius 3 is 2.94 bits per heavy atom. The minimum Gasteiger partial charge on any atom is -0.506 e. The second-order valence-electron chi connectivity index (χ2n) is 2.91. The van der Waals surface area contributed by atoms with Gasteiger partial charge in [-0.05, 0) is 23.7 Å². The van der Waals surface area contributed by atoms with Crippen molar-refractivity contribution < 1.29 is 9.90 Å². The maximum Gasteiger partial charge on any atom is 0.277 e. The summed E-state index contributed by atoms with van der Waals surface area (Å²) in [5.74, 6) is -0.518. The number of nitrogens with zero attached hydrogens (tertiary/aromatic N) is 2. The first-order valence-corrected chi connectivity index (χ1v) is 5.45. The number of hydrogen-bond acceptors (Lipinski definition) is 5. The van der Waals surface area contributed by atoms with Crippen LogP contribution in [0.15, 0.2) is 23.6 Å². The van der Waals surface area contributed by atoms with Gasteiger partial charge in [0.05, 0.1) is 5.69 Å². The van der Waals surface area contributed by atoms with E-state index in [4.69, 9.17) is 11.6 Å². The number of aromatic nitrogens is 2. The monoisotopic (exact) mass is 255 g/mol. The molecule has 1 aromatic heterocycles. The van der Waals surface area contributed by atoms with Gasteiger partial charge in [0, 0.05) is 16.5 Å². The quantitative estimate of drug-likeness (QED) is 0.807. The number of benzene rings is 1. The minimum absolute atomic E-state index is 0.0935. The van der Waals surface area contributed by atoms with Crippen molar-refractivity contribution in [2.24, 2.45) is 0 Å². The van der Waals surface area contributed by atoms with Crippen LogP contribution in [0, 0.1) is 0 Å². The SMILES string of the molecule is O=C(Nc1ccc(Cl)cc1O)c1csnn1. The molecule has 82 valence electrons. The first-order valence-electron chi connectivity index (χ1n) is 4.24. The molecular formula is C9H6ClN3O2S. The van der Waals surface area contributed by atoms with Gasteiger partial charge < -0.3 is 10.4 Å². The van der Waals surface area contributed by atoms with Crippen LogP contribution in [-0.4, -0.2) is 20.6 Å². The van der Waals surface area contributed by atoms with Crippen molar-refractivity contribution in [3.8, 4) is 5.75 Å². The van der Waals surface area contributed by atoms with Crippen LogP contribution in [0.5, 0.6) is 5.75 Å². The van der Waals surface area contributed by atoms with Gasteiger partial charge in [-0.15, -0.1) is 5.10 Å². The van der Waals surface area contributed by atoms with Gasteiger partial charge in [-0.2, -0.15) is 0 Å². The van der Waals surface area contributed by atoms with Crippen LogP contribution in [0.3, 0.4) is 0 Å². The molecule has 1 amide bonds. The zero-order chi connectivity index (χ0) is 11.5. The number of amides is 1. The first kappa shape index (κ1) is 10.8. The number of nitrogens with one attached hydrogen (secondary N) is 1. The first-order chi connectivity index (χ1) is 7.66. The average molecular weight is 256 g/mol. The molecule has 2 rings (SSSR count). The Hall–Kier alpha value is -1.66. The number of halogens is 1. The Balaban J connectivity index is 2.18. The second-order valence-corrected chi connectivity index (χ2v) is 3.95. The molecule has 0 atom stereocenters. The molecule has 0 saturated heterocycles. The molecule has 5 nitrogen and oxygen atoms in total. The summed E-state index contributed by atoms with van der Waals surface area (Å²) in [6, 6.07) is 4.42. The Morgan fingerprint density at radius 2 is 2.31 bits per heavy atom. The zero-order valence-corrected chi connectivity index (χ0v) is 9.42. The number of carbonyl (C=O) groups is 1. The maximum atomic E-state index is 11.6. The molecule has 1 aromatic carbocycles. The van der Waals surface area contributed by atoms with E-state index in [1.54, 1.807) is 6.07 Å². The number of aromatic hydroxyl groups is 1. The van der Waals surface area contributed by atoms with Crippen molar-refractivity contribution in [3.05, 3.63) is 34.3 Å². The molecule has 2 N–H and O–H groups in total. The van der Waals surface area contributed by atoms with Crippen molar-refractivity contribution in [2.75, 3.05) is 5.32 Å². The topological polar surface area (TPSA) is 75.1 Å². The molecular weight excluding hydrogens is 250 g/mol. The van der Waals surface area contributed by atoms with E-state index in [1.807, 2.05) is 0 Å². The number of phenols is 1. The largest absolute Gasteiger partial charge is 0.506 e. The highest BCUT2D eigenvalue weighted by Gasteiger charge is 2.11. The van der Waals surface area contributed by atoms with Gasteiger partial charge >= 0.3 is 0 Å². The Kier molecular flexibility index (Phi) is 3.02. The molecule has 0 aliphatic carbocycles. The number of hydrogen-bond donors (Lipinski definition) is 2. The standard InChI is InChI=1S/C9H6ClN3O2S/c10-5-1-2-6(8(14)3-5)11-9(15)7-4-16-13-12-7/h1-4,14H,(H,11,15). The molecule has 0 bridgehead atoms. The number of rotatable bonds is 2. The molecule has 0 fully saturated rings. The third-order valence-corrected chi connectivity index (χ3v) is 2.54. The van der Waals surface area contributed by atoms with E-state index in [1.165, 1.54) is 17.5 Å². The van der Waals surface area contributed by atoms with Gasteiger partial charge in [0.15, 0.2) is 5.69 Å². The van der Waals surface area contributed by atoms with Crippen LogP contribution >= 0.6 is 23.1 Å². The van der Waals surface area contributed by atoms with Crippen molar-refractivity contribution in [3.63, 3.8) is 0 Å². The van der Waals surface area contributed by atoms with Gasteiger partial charge in [0.25, 0.3) is 5.91 Å². The summed E-state index contributed by atoms with van der Waals surface area (Å²) in [4.78, 5) is 11.6. The maximum absolute atomic E-state index is 11.6. The second kappa shape index (κ2) is 4.46. The predicted octanol–water partition coefficient (Wildman–Crippen LogP) is 2.15. The summed E-state index contributed by atoms with van der Waals surface area (Å²) in [6.45, 7) is 0. The lowest BCUT2D eigenvalue weighted by Gasteiger charge is -2.05. The van der Waals surface area contributed by atoms with E-state index in [-0.39, 0.29) is 17.1 Å². The number of carbonyl (C=O) groups excluding carboxylic acids is 1. The van der Waals surface area contributed by atoms with Crippen LogP contribution in [-0.2, 0) is 0 Å². The normalized spacial score (nSPS) is 10.1. The summed E-state index contributed by atoms with van der Waals surface area (Å²) >= 11 is 6.74. The van der Waals surface area contributed by atoms with Crippen LogP contribution < -0.4 is 5.32 Å². The molecule has 0 spiro atoms. The van der Waals surface area contributed by atoms with E-state index >= 15 is 0 Å². The lowest BCUT2D eigenvalue weighted by molar-refractivity contribution is 0.102. The Bertz CT molecular complexity index is 515. The van der Waals surface area contributed by atoms with Crippen LogP contribution in [0.4, 0.5) is 5.69 Å².